The fourth-order valence-electron chi connectivity index (χ4n) is 9.74. The molecule has 2 aromatic heterocycles. The zero-order valence-electron chi connectivity index (χ0n) is 32.3. The second-order valence-corrected chi connectivity index (χ2v) is 17.2. The van der Waals surface area contributed by atoms with Crippen LogP contribution in [0.25, 0.3) is 80.7 Å². The molecule has 11 aromatic rings. The second kappa shape index (κ2) is 12.5. The van der Waals surface area contributed by atoms with E-state index in [1.54, 1.807) is 0 Å². The molecule has 3 heteroatoms. The van der Waals surface area contributed by atoms with Crippen molar-refractivity contribution < 1.29 is 0 Å². The molecule has 0 unspecified atom stereocenters. The Labute approximate surface area is 341 Å². The zero-order chi connectivity index (χ0) is 38.5. The number of hydrogen-bond acceptors (Lipinski definition) is 2. The molecule has 2 heterocycles. The molecular formula is C55H38N2S. The molecule has 0 saturated heterocycles. The molecule has 0 spiro atoms. The van der Waals surface area contributed by atoms with Gasteiger partial charge in [-0.15, -0.1) is 11.3 Å². The van der Waals surface area contributed by atoms with Crippen molar-refractivity contribution in [2.24, 2.45) is 0 Å². The number of rotatable bonds is 5. The van der Waals surface area contributed by atoms with Crippen LogP contribution in [0.5, 0.6) is 0 Å². The molecule has 274 valence electrons. The monoisotopic (exact) mass is 758 g/mol. The lowest BCUT2D eigenvalue weighted by Crippen LogP contribution is -2.16. The smallest absolute Gasteiger partial charge is 0.0547 e. The lowest BCUT2D eigenvalue weighted by Gasteiger charge is -2.28. The number of aromatic nitrogens is 1. The van der Waals surface area contributed by atoms with Crippen LogP contribution in [0, 0.1) is 0 Å². The van der Waals surface area contributed by atoms with E-state index in [1.165, 1.54) is 86.1 Å². The van der Waals surface area contributed by atoms with Gasteiger partial charge in [0.2, 0.25) is 0 Å². The first-order valence-electron chi connectivity index (χ1n) is 20.1. The van der Waals surface area contributed by atoms with Crippen LogP contribution in [-0.4, -0.2) is 4.57 Å². The van der Waals surface area contributed by atoms with Gasteiger partial charge in [0.1, 0.15) is 0 Å². The van der Waals surface area contributed by atoms with Crippen molar-refractivity contribution in [1.29, 1.82) is 0 Å². The average molecular weight is 759 g/mol. The van der Waals surface area contributed by atoms with Crippen LogP contribution in [0.2, 0.25) is 0 Å². The molecule has 0 radical (unpaired) electrons. The second-order valence-electron chi connectivity index (χ2n) is 16.2. The van der Waals surface area contributed by atoms with Crippen LogP contribution < -0.4 is 4.90 Å². The van der Waals surface area contributed by atoms with Crippen LogP contribution in [0.15, 0.2) is 194 Å². The molecule has 2 nitrogen and oxygen atoms in total. The maximum absolute atomic E-state index is 2.46. The minimum atomic E-state index is -0.118. The summed E-state index contributed by atoms with van der Waals surface area (Å²) >= 11 is 1.90. The van der Waals surface area contributed by atoms with E-state index >= 15 is 0 Å². The van der Waals surface area contributed by atoms with Crippen LogP contribution >= 0.6 is 11.3 Å². The molecule has 0 fully saturated rings. The Hall–Kier alpha value is -6.94. The SMILES string of the molecule is CC1(C)c2ccccc2-c2ccc(N(c3cccc(-c4ccccc4)c3)c3ccc4c(c3)c3cc5ccc6c7ccccc7sc6c5cc3n4-c3ccccc3)cc21. The molecule has 0 atom stereocenters. The molecule has 1 aliphatic rings. The summed E-state index contributed by atoms with van der Waals surface area (Å²) in [5.41, 5.74) is 14.6. The van der Waals surface area contributed by atoms with Gasteiger partial charge in [-0.2, -0.15) is 0 Å². The highest BCUT2D eigenvalue weighted by atomic mass is 32.1. The Morgan fingerprint density at radius 2 is 1.12 bits per heavy atom. The predicted molar refractivity (Wildman–Crippen MR) is 249 cm³/mol. The van der Waals surface area contributed by atoms with Gasteiger partial charge in [-0.25, -0.2) is 0 Å². The summed E-state index contributed by atoms with van der Waals surface area (Å²) in [6, 6.07) is 71.9. The largest absolute Gasteiger partial charge is 0.310 e. The van der Waals surface area contributed by atoms with E-state index in [-0.39, 0.29) is 5.41 Å². The van der Waals surface area contributed by atoms with Gasteiger partial charge < -0.3 is 9.47 Å². The quantitative estimate of drug-likeness (QED) is 0.170. The molecule has 58 heavy (non-hydrogen) atoms. The number of fused-ring (bicyclic) bond motifs is 11. The van der Waals surface area contributed by atoms with E-state index in [9.17, 15) is 0 Å². The maximum atomic E-state index is 2.46. The molecular weight excluding hydrogens is 721 g/mol. The third kappa shape index (κ3) is 4.90. The normalized spacial score (nSPS) is 13.1. The van der Waals surface area contributed by atoms with Gasteiger partial charge in [0.25, 0.3) is 0 Å². The van der Waals surface area contributed by atoms with Crippen molar-refractivity contribution in [3.8, 4) is 27.9 Å². The summed E-state index contributed by atoms with van der Waals surface area (Å²) in [5, 5.41) is 7.69. The molecule has 9 aromatic carbocycles. The molecule has 0 bridgehead atoms. The summed E-state index contributed by atoms with van der Waals surface area (Å²) in [7, 11) is 0. The number of para-hydroxylation sites is 1. The fraction of sp³-hybridized carbons (Fsp3) is 0.0545. The van der Waals surface area contributed by atoms with Gasteiger partial charge in [-0.1, -0.05) is 135 Å². The predicted octanol–water partition coefficient (Wildman–Crippen LogP) is 15.7. The topological polar surface area (TPSA) is 8.17 Å². The molecule has 0 N–H and O–H groups in total. The van der Waals surface area contributed by atoms with E-state index in [0.29, 0.717) is 0 Å². The van der Waals surface area contributed by atoms with Crippen molar-refractivity contribution in [2.75, 3.05) is 4.90 Å². The van der Waals surface area contributed by atoms with Gasteiger partial charge in [-0.05, 0) is 112 Å². The summed E-state index contributed by atoms with van der Waals surface area (Å²) in [6.45, 7) is 4.73. The van der Waals surface area contributed by atoms with Crippen molar-refractivity contribution in [1.82, 2.24) is 4.57 Å². The Balaban J connectivity index is 1.12. The number of nitrogens with zero attached hydrogens (tertiary/aromatic N) is 2. The molecule has 0 saturated carbocycles. The van der Waals surface area contributed by atoms with Gasteiger partial charge >= 0.3 is 0 Å². The standard InChI is InChI=1S/C55H38N2S/c1-55(2)49-22-11-9-20-42(49)43-28-25-41(33-50(43)55)56(39-19-13-16-36(30-39)35-14-5-3-6-15-35)40-26-29-51-48(32-40)47-31-37-24-27-45-44-21-10-12-23-53(44)58-54(45)46(37)34-52(47)57(51)38-17-7-4-8-18-38/h3-34H,1-2H3. The average Bonchev–Trinajstić information content (AvgIpc) is 3.89. The first-order chi connectivity index (χ1) is 28.5. The van der Waals surface area contributed by atoms with Crippen molar-refractivity contribution in [2.45, 2.75) is 19.3 Å². The molecule has 0 aliphatic heterocycles. The van der Waals surface area contributed by atoms with Gasteiger partial charge in [0.15, 0.2) is 0 Å². The van der Waals surface area contributed by atoms with Gasteiger partial charge in [-0.3, -0.25) is 0 Å². The van der Waals surface area contributed by atoms with Gasteiger partial charge in [0, 0.05) is 64.5 Å². The lowest BCUT2D eigenvalue weighted by molar-refractivity contribution is 0.660. The van der Waals surface area contributed by atoms with Crippen LogP contribution in [0.1, 0.15) is 25.0 Å². The third-order valence-electron chi connectivity index (χ3n) is 12.5. The summed E-state index contributed by atoms with van der Waals surface area (Å²) < 4.78 is 5.13. The summed E-state index contributed by atoms with van der Waals surface area (Å²) in [6.07, 6.45) is 0. The Morgan fingerprint density at radius 3 is 2.00 bits per heavy atom. The Bertz CT molecular complexity index is 3430. The summed E-state index contributed by atoms with van der Waals surface area (Å²) in [5.74, 6) is 0. The van der Waals surface area contributed by atoms with Gasteiger partial charge in [0.05, 0.1) is 11.0 Å². The third-order valence-corrected chi connectivity index (χ3v) is 13.8. The minimum absolute atomic E-state index is 0.118. The highest BCUT2D eigenvalue weighted by Crippen LogP contribution is 2.51. The number of thiophene rings is 1. The molecule has 1 aliphatic carbocycles. The highest BCUT2D eigenvalue weighted by molar-refractivity contribution is 7.26. The van der Waals surface area contributed by atoms with E-state index < -0.39 is 0 Å². The lowest BCUT2D eigenvalue weighted by atomic mass is 9.82. The van der Waals surface area contributed by atoms with E-state index in [2.05, 4.69) is 217 Å². The number of hydrogen-bond donors (Lipinski definition) is 0. The van der Waals surface area contributed by atoms with Crippen molar-refractivity contribution in [3.05, 3.63) is 205 Å². The van der Waals surface area contributed by atoms with E-state index in [1.807, 2.05) is 11.3 Å². The van der Waals surface area contributed by atoms with Crippen LogP contribution in [0.3, 0.4) is 0 Å². The highest BCUT2D eigenvalue weighted by Gasteiger charge is 2.35. The molecule has 12 rings (SSSR count). The zero-order valence-corrected chi connectivity index (χ0v) is 33.1. The first-order valence-corrected chi connectivity index (χ1v) is 20.9. The number of benzene rings is 9. The summed E-state index contributed by atoms with van der Waals surface area (Å²) in [4.78, 5) is 2.46. The molecule has 0 amide bonds. The van der Waals surface area contributed by atoms with E-state index in [4.69, 9.17) is 0 Å². The van der Waals surface area contributed by atoms with E-state index in [0.717, 1.165) is 22.7 Å². The number of anilines is 3. The van der Waals surface area contributed by atoms with Crippen molar-refractivity contribution in [3.63, 3.8) is 0 Å². The fourth-order valence-corrected chi connectivity index (χ4v) is 11.0. The minimum Gasteiger partial charge on any atom is -0.310 e. The Kier molecular flexibility index (Phi) is 7.18. The maximum Gasteiger partial charge on any atom is 0.0547 e. The first kappa shape index (κ1) is 33.2. The van der Waals surface area contributed by atoms with Crippen LogP contribution in [-0.2, 0) is 5.41 Å². The Morgan fingerprint density at radius 1 is 0.431 bits per heavy atom. The van der Waals surface area contributed by atoms with Crippen LogP contribution in [0.4, 0.5) is 17.1 Å². The van der Waals surface area contributed by atoms with Crippen molar-refractivity contribution >= 4 is 81.1 Å².